The maximum Gasteiger partial charge on any atom is 0.337 e. The average molecular weight is 266 g/mol. The molecule has 2 N–H and O–H groups in total. The number of nitrogens with one attached hydrogen (secondary N) is 1. The molecular weight excluding hydrogens is 248 g/mol. The van der Waals surface area contributed by atoms with E-state index in [2.05, 4.69) is 5.32 Å². The van der Waals surface area contributed by atoms with E-state index in [4.69, 9.17) is 9.84 Å². The number of anilines is 1. The van der Waals surface area contributed by atoms with E-state index in [1.807, 2.05) is 6.92 Å². The molecule has 0 fully saturated rings. The lowest BCUT2D eigenvalue weighted by atomic mass is 10.2. The number of benzene rings is 1. The molecule has 0 atom stereocenters. The van der Waals surface area contributed by atoms with Gasteiger partial charge in [0, 0.05) is 20.2 Å². The number of urea groups is 1. The van der Waals surface area contributed by atoms with Gasteiger partial charge in [0.25, 0.3) is 0 Å². The zero-order valence-electron chi connectivity index (χ0n) is 11.0. The third-order valence-electron chi connectivity index (χ3n) is 2.52. The number of amides is 2. The first-order valence-electron chi connectivity index (χ1n) is 5.98. The van der Waals surface area contributed by atoms with Crippen LogP contribution in [0.25, 0.3) is 0 Å². The molecule has 104 valence electrons. The second kappa shape index (κ2) is 7.38. The van der Waals surface area contributed by atoms with Crippen LogP contribution >= 0.6 is 0 Å². The fourth-order valence-corrected chi connectivity index (χ4v) is 1.44. The first-order chi connectivity index (χ1) is 9.06. The molecule has 19 heavy (non-hydrogen) atoms. The molecule has 6 nitrogen and oxygen atoms in total. The third-order valence-corrected chi connectivity index (χ3v) is 2.52. The topological polar surface area (TPSA) is 78.9 Å². The van der Waals surface area contributed by atoms with Crippen molar-refractivity contribution in [1.82, 2.24) is 4.90 Å². The number of nitrogens with zero attached hydrogens (tertiary/aromatic N) is 1. The van der Waals surface area contributed by atoms with Crippen LogP contribution in [0.2, 0.25) is 0 Å². The lowest BCUT2D eigenvalue weighted by Crippen LogP contribution is -2.34. The SMILES string of the molecule is CCOCCN(C)C(=O)Nc1ccccc1C(=O)O. The summed E-state index contributed by atoms with van der Waals surface area (Å²) in [4.78, 5) is 24.3. The van der Waals surface area contributed by atoms with Gasteiger partial charge in [-0.05, 0) is 19.1 Å². The molecular formula is C13H18N2O4. The van der Waals surface area contributed by atoms with E-state index < -0.39 is 5.97 Å². The van der Waals surface area contributed by atoms with Gasteiger partial charge in [0.15, 0.2) is 0 Å². The molecule has 0 aromatic heterocycles. The second-order valence-electron chi connectivity index (χ2n) is 3.90. The number of para-hydroxylation sites is 1. The van der Waals surface area contributed by atoms with Crippen LogP contribution < -0.4 is 5.32 Å². The summed E-state index contributed by atoms with van der Waals surface area (Å²) in [6, 6.07) is 5.91. The van der Waals surface area contributed by atoms with Gasteiger partial charge in [-0.15, -0.1) is 0 Å². The Kier molecular flexibility index (Phi) is 5.81. The minimum absolute atomic E-state index is 0.0639. The van der Waals surface area contributed by atoms with Crippen molar-refractivity contribution in [2.24, 2.45) is 0 Å². The molecule has 0 heterocycles. The van der Waals surface area contributed by atoms with Crippen LogP contribution in [0, 0.1) is 0 Å². The summed E-state index contributed by atoms with van der Waals surface area (Å²) in [5.41, 5.74) is 0.345. The second-order valence-corrected chi connectivity index (χ2v) is 3.90. The number of carbonyl (C=O) groups is 2. The first kappa shape index (κ1) is 15.0. The molecule has 2 amide bonds. The van der Waals surface area contributed by atoms with Gasteiger partial charge in [-0.25, -0.2) is 9.59 Å². The number of likely N-dealkylation sites (N-methyl/N-ethyl adjacent to an activating group) is 1. The molecule has 1 aromatic rings. The summed E-state index contributed by atoms with van der Waals surface area (Å²) < 4.78 is 5.15. The van der Waals surface area contributed by atoms with E-state index in [9.17, 15) is 9.59 Å². The average Bonchev–Trinajstić information content (AvgIpc) is 2.39. The quantitative estimate of drug-likeness (QED) is 0.771. The van der Waals surface area contributed by atoms with E-state index in [0.29, 0.717) is 19.8 Å². The van der Waals surface area contributed by atoms with Crippen LogP contribution in [0.5, 0.6) is 0 Å². The van der Waals surface area contributed by atoms with Gasteiger partial charge < -0.3 is 20.1 Å². The molecule has 6 heteroatoms. The first-order valence-corrected chi connectivity index (χ1v) is 5.98. The lowest BCUT2D eigenvalue weighted by Gasteiger charge is -2.18. The Bertz CT molecular complexity index is 448. The van der Waals surface area contributed by atoms with E-state index in [1.165, 1.54) is 11.0 Å². The number of rotatable bonds is 6. The molecule has 0 saturated heterocycles. The van der Waals surface area contributed by atoms with Gasteiger partial charge in [-0.3, -0.25) is 0 Å². The van der Waals surface area contributed by atoms with Crippen LogP contribution in [-0.4, -0.2) is 48.8 Å². The van der Waals surface area contributed by atoms with Gasteiger partial charge >= 0.3 is 12.0 Å². The number of carboxylic acids is 1. The summed E-state index contributed by atoms with van der Waals surface area (Å²) in [6.07, 6.45) is 0. The zero-order chi connectivity index (χ0) is 14.3. The van der Waals surface area contributed by atoms with Crippen LogP contribution in [-0.2, 0) is 4.74 Å². The molecule has 0 aliphatic heterocycles. The van der Waals surface area contributed by atoms with Crippen LogP contribution in [0.1, 0.15) is 17.3 Å². The lowest BCUT2D eigenvalue weighted by molar-refractivity contribution is 0.0698. The Balaban J connectivity index is 2.64. The Morgan fingerprint density at radius 2 is 2.05 bits per heavy atom. The van der Waals surface area contributed by atoms with Gasteiger partial charge in [-0.2, -0.15) is 0 Å². The summed E-state index contributed by atoms with van der Waals surface area (Å²) in [5, 5.41) is 11.6. The van der Waals surface area contributed by atoms with E-state index in [0.717, 1.165) is 0 Å². The predicted molar refractivity (Wildman–Crippen MR) is 71.5 cm³/mol. The largest absolute Gasteiger partial charge is 0.478 e. The van der Waals surface area contributed by atoms with E-state index in [-0.39, 0.29) is 17.3 Å². The Labute approximate surface area is 112 Å². The summed E-state index contributed by atoms with van der Waals surface area (Å²) in [6.45, 7) is 3.36. The van der Waals surface area contributed by atoms with Gasteiger partial charge in [0.1, 0.15) is 0 Å². The van der Waals surface area contributed by atoms with Crippen molar-refractivity contribution in [3.05, 3.63) is 29.8 Å². The van der Waals surface area contributed by atoms with Crippen LogP contribution in [0.3, 0.4) is 0 Å². The molecule has 0 aliphatic carbocycles. The normalized spacial score (nSPS) is 10.0. The maximum atomic E-state index is 11.8. The predicted octanol–water partition coefficient (Wildman–Crippen LogP) is 1.89. The Morgan fingerprint density at radius 3 is 2.68 bits per heavy atom. The van der Waals surface area contributed by atoms with Crippen LogP contribution in [0.4, 0.5) is 10.5 Å². The fraction of sp³-hybridized carbons (Fsp3) is 0.385. The highest BCUT2D eigenvalue weighted by Crippen LogP contribution is 2.15. The van der Waals surface area contributed by atoms with Crippen molar-refractivity contribution in [2.75, 3.05) is 32.1 Å². The number of ether oxygens (including phenoxy) is 1. The van der Waals surface area contributed by atoms with Crippen molar-refractivity contribution in [3.63, 3.8) is 0 Å². The molecule has 0 radical (unpaired) electrons. The number of aromatic carboxylic acids is 1. The highest BCUT2D eigenvalue weighted by atomic mass is 16.5. The molecule has 0 saturated carbocycles. The number of carbonyl (C=O) groups excluding carboxylic acids is 1. The Hall–Kier alpha value is -2.08. The highest BCUT2D eigenvalue weighted by molar-refractivity contribution is 5.99. The Morgan fingerprint density at radius 1 is 1.37 bits per heavy atom. The smallest absolute Gasteiger partial charge is 0.337 e. The van der Waals surface area contributed by atoms with Gasteiger partial charge in [-0.1, -0.05) is 12.1 Å². The third kappa shape index (κ3) is 4.59. The van der Waals surface area contributed by atoms with E-state index >= 15 is 0 Å². The molecule has 0 spiro atoms. The van der Waals surface area contributed by atoms with Gasteiger partial charge in [0.2, 0.25) is 0 Å². The molecule has 0 aliphatic rings. The van der Waals surface area contributed by atoms with Crippen molar-refractivity contribution in [2.45, 2.75) is 6.92 Å². The van der Waals surface area contributed by atoms with E-state index in [1.54, 1.807) is 25.2 Å². The number of hydrogen-bond donors (Lipinski definition) is 2. The molecule has 1 aromatic carbocycles. The molecule has 0 bridgehead atoms. The maximum absolute atomic E-state index is 11.8. The van der Waals surface area contributed by atoms with Crippen molar-refractivity contribution < 1.29 is 19.4 Å². The summed E-state index contributed by atoms with van der Waals surface area (Å²) in [7, 11) is 1.62. The number of hydrogen-bond acceptors (Lipinski definition) is 3. The highest BCUT2D eigenvalue weighted by Gasteiger charge is 2.13. The summed E-state index contributed by atoms with van der Waals surface area (Å²) in [5.74, 6) is -1.08. The minimum Gasteiger partial charge on any atom is -0.478 e. The van der Waals surface area contributed by atoms with Crippen molar-refractivity contribution in [1.29, 1.82) is 0 Å². The van der Waals surface area contributed by atoms with Gasteiger partial charge in [0.05, 0.1) is 17.9 Å². The molecule has 0 unspecified atom stereocenters. The fourth-order valence-electron chi connectivity index (χ4n) is 1.44. The van der Waals surface area contributed by atoms with Crippen molar-refractivity contribution >= 4 is 17.7 Å². The van der Waals surface area contributed by atoms with Crippen LogP contribution in [0.15, 0.2) is 24.3 Å². The minimum atomic E-state index is -1.08. The zero-order valence-corrected chi connectivity index (χ0v) is 11.0. The standard InChI is InChI=1S/C13H18N2O4/c1-3-19-9-8-15(2)13(18)14-11-7-5-4-6-10(11)12(16)17/h4-7H,3,8-9H2,1-2H3,(H,14,18)(H,16,17). The van der Waals surface area contributed by atoms with Crippen molar-refractivity contribution in [3.8, 4) is 0 Å². The summed E-state index contributed by atoms with van der Waals surface area (Å²) >= 11 is 0. The number of carboxylic acid groups (broad SMARTS) is 1. The molecule has 1 rings (SSSR count). The monoisotopic (exact) mass is 266 g/mol.